The minimum Gasteiger partial charge on any atom is -0.342 e. The van der Waals surface area contributed by atoms with Gasteiger partial charge in [-0.25, -0.2) is 0 Å². The number of nitrogens with one attached hydrogen (secondary N) is 2. The molecule has 18 heavy (non-hydrogen) atoms. The van der Waals surface area contributed by atoms with Crippen LogP contribution < -0.4 is 10.6 Å². The zero-order valence-electron chi connectivity index (χ0n) is 9.72. The van der Waals surface area contributed by atoms with Crippen molar-refractivity contribution in [1.29, 1.82) is 5.26 Å². The monoisotopic (exact) mass is 243 g/mol. The second kappa shape index (κ2) is 5.32. The van der Waals surface area contributed by atoms with E-state index in [0.29, 0.717) is 6.42 Å². The number of nitrogens with zero attached hydrogens (tertiary/aromatic N) is 1. The number of hydrogen-bond acceptors (Lipinski definition) is 3. The Hall–Kier alpha value is -2.35. The summed E-state index contributed by atoms with van der Waals surface area (Å²) in [6, 6.07) is 10.1. The first-order valence-electron chi connectivity index (χ1n) is 5.72. The molecule has 92 valence electrons. The topological polar surface area (TPSA) is 82.0 Å². The molecule has 0 radical (unpaired) electrons. The summed E-state index contributed by atoms with van der Waals surface area (Å²) in [7, 11) is 0. The van der Waals surface area contributed by atoms with Crippen LogP contribution in [0.15, 0.2) is 30.3 Å². The van der Waals surface area contributed by atoms with Gasteiger partial charge in [0.2, 0.25) is 11.8 Å². The highest BCUT2D eigenvalue weighted by Crippen LogP contribution is 2.07. The summed E-state index contributed by atoms with van der Waals surface area (Å²) in [6.45, 7) is 0. The van der Waals surface area contributed by atoms with Crippen molar-refractivity contribution in [1.82, 2.24) is 10.6 Å². The molecule has 1 heterocycles. The van der Waals surface area contributed by atoms with Crippen molar-refractivity contribution in [3.8, 4) is 6.07 Å². The first-order chi connectivity index (χ1) is 8.70. The molecule has 1 aliphatic rings. The van der Waals surface area contributed by atoms with Gasteiger partial charge in [0.05, 0.1) is 12.5 Å². The van der Waals surface area contributed by atoms with Crippen LogP contribution in [-0.2, 0) is 16.0 Å². The average molecular weight is 243 g/mol. The second-order valence-electron chi connectivity index (χ2n) is 4.17. The molecule has 2 rings (SSSR count). The fraction of sp³-hybridized carbons (Fsp3) is 0.308. The Morgan fingerprint density at radius 2 is 1.67 bits per heavy atom. The lowest BCUT2D eigenvalue weighted by molar-refractivity contribution is -0.136. The zero-order chi connectivity index (χ0) is 13.0. The van der Waals surface area contributed by atoms with Gasteiger partial charge in [-0.3, -0.25) is 9.59 Å². The van der Waals surface area contributed by atoms with Crippen molar-refractivity contribution in [2.24, 2.45) is 0 Å². The van der Waals surface area contributed by atoms with Crippen molar-refractivity contribution in [3.63, 3.8) is 0 Å². The number of piperazine rings is 1. The first-order valence-corrected chi connectivity index (χ1v) is 5.72. The quantitative estimate of drug-likeness (QED) is 0.791. The SMILES string of the molecule is N#CC[C@@H]1NC(=O)[C@H](Cc2ccccc2)NC1=O. The molecule has 1 aromatic rings. The van der Waals surface area contributed by atoms with Crippen LogP contribution in [0.5, 0.6) is 0 Å². The third-order valence-electron chi connectivity index (χ3n) is 2.84. The number of carbonyl (C=O) groups excluding carboxylic acids is 2. The van der Waals surface area contributed by atoms with Crippen LogP contribution in [-0.4, -0.2) is 23.9 Å². The van der Waals surface area contributed by atoms with Gasteiger partial charge in [-0.2, -0.15) is 5.26 Å². The fourth-order valence-corrected chi connectivity index (χ4v) is 1.90. The molecule has 1 saturated heterocycles. The van der Waals surface area contributed by atoms with Crippen LogP contribution in [0.1, 0.15) is 12.0 Å². The standard InChI is InChI=1S/C13H13N3O2/c14-7-6-10-12(17)16-11(13(18)15-10)8-9-4-2-1-3-5-9/h1-5,10-11H,6,8H2,(H,15,18)(H,16,17)/t10-,11-/m0/s1. The lowest BCUT2D eigenvalue weighted by Crippen LogP contribution is -2.62. The van der Waals surface area contributed by atoms with Gasteiger partial charge in [-0.15, -0.1) is 0 Å². The summed E-state index contributed by atoms with van der Waals surface area (Å²) in [5.74, 6) is -0.532. The Labute approximate surface area is 105 Å². The van der Waals surface area contributed by atoms with E-state index >= 15 is 0 Å². The molecule has 2 amide bonds. The Morgan fingerprint density at radius 3 is 2.33 bits per heavy atom. The van der Waals surface area contributed by atoms with E-state index < -0.39 is 12.1 Å². The normalized spacial score (nSPS) is 22.8. The highest BCUT2D eigenvalue weighted by molar-refractivity contribution is 5.97. The molecule has 0 unspecified atom stereocenters. The fourth-order valence-electron chi connectivity index (χ4n) is 1.90. The van der Waals surface area contributed by atoms with Crippen LogP contribution in [0.3, 0.4) is 0 Å². The summed E-state index contributed by atoms with van der Waals surface area (Å²) in [4.78, 5) is 23.4. The van der Waals surface area contributed by atoms with E-state index in [9.17, 15) is 9.59 Å². The van der Waals surface area contributed by atoms with Crippen LogP contribution in [0.4, 0.5) is 0 Å². The average Bonchev–Trinajstić information content (AvgIpc) is 2.37. The van der Waals surface area contributed by atoms with E-state index in [-0.39, 0.29) is 18.2 Å². The lowest BCUT2D eigenvalue weighted by Gasteiger charge is -2.28. The molecule has 1 aliphatic heterocycles. The highest BCUT2D eigenvalue weighted by atomic mass is 16.2. The van der Waals surface area contributed by atoms with Gasteiger partial charge in [0.1, 0.15) is 12.1 Å². The highest BCUT2D eigenvalue weighted by Gasteiger charge is 2.33. The largest absolute Gasteiger partial charge is 0.342 e. The third kappa shape index (κ3) is 2.66. The molecule has 0 aliphatic carbocycles. The molecule has 1 aromatic carbocycles. The van der Waals surface area contributed by atoms with Gasteiger partial charge < -0.3 is 10.6 Å². The van der Waals surface area contributed by atoms with Gasteiger partial charge >= 0.3 is 0 Å². The van der Waals surface area contributed by atoms with Crippen LogP contribution in [0, 0.1) is 11.3 Å². The Balaban J connectivity index is 2.02. The molecule has 2 N–H and O–H groups in total. The number of hydrogen-bond donors (Lipinski definition) is 2. The molecule has 5 nitrogen and oxygen atoms in total. The minimum atomic E-state index is -0.727. The van der Waals surface area contributed by atoms with E-state index in [2.05, 4.69) is 10.6 Å². The maximum absolute atomic E-state index is 11.8. The van der Waals surface area contributed by atoms with Crippen molar-refractivity contribution >= 4 is 11.8 Å². The molecular weight excluding hydrogens is 230 g/mol. The molecule has 0 aromatic heterocycles. The van der Waals surface area contributed by atoms with Gasteiger partial charge in [0.25, 0.3) is 0 Å². The van der Waals surface area contributed by atoms with Crippen molar-refractivity contribution < 1.29 is 9.59 Å². The lowest BCUT2D eigenvalue weighted by atomic mass is 10.0. The van der Waals surface area contributed by atoms with E-state index in [4.69, 9.17) is 5.26 Å². The Morgan fingerprint density at radius 1 is 1.06 bits per heavy atom. The van der Waals surface area contributed by atoms with Gasteiger partial charge in [-0.05, 0) is 5.56 Å². The van der Waals surface area contributed by atoms with E-state index in [1.807, 2.05) is 36.4 Å². The van der Waals surface area contributed by atoms with Gasteiger partial charge in [-0.1, -0.05) is 30.3 Å². The number of amides is 2. The summed E-state index contributed by atoms with van der Waals surface area (Å²) in [6.07, 6.45) is 0.452. The van der Waals surface area contributed by atoms with Crippen molar-refractivity contribution in [3.05, 3.63) is 35.9 Å². The molecule has 0 spiro atoms. The number of carbonyl (C=O) groups is 2. The van der Waals surface area contributed by atoms with Gasteiger partial charge in [0.15, 0.2) is 0 Å². The number of nitriles is 1. The van der Waals surface area contributed by atoms with Crippen LogP contribution >= 0.6 is 0 Å². The molecule has 2 atom stereocenters. The van der Waals surface area contributed by atoms with Crippen LogP contribution in [0.25, 0.3) is 0 Å². The number of rotatable bonds is 3. The van der Waals surface area contributed by atoms with Crippen LogP contribution in [0.2, 0.25) is 0 Å². The molecular formula is C13H13N3O2. The molecule has 5 heteroatoms. The van der Waals surface area contributed by atoms with Gasteiger partial charge in [0, 0.05) is 6.42 Å². The molecule has 0 bridgehead atoms. The Kier molecular flexibility index (Phi) is 3.58. The maximum Gasteiger partial charge on any atom is 0.244 e. The summed E-state index contributed by atoms with van der Waals surface area (Å²) < 4.78 is 0. The first kappa shape index (κ1) is 12.1. The van der Waals surface area contributed by atoms with Crippen molar-refractivity contribution in [2.75, 3.05) is 0 Å². The van der Waals surface area contributed by atoms with Crippen molar-refractivity contribution in [2.45, 2.75) is 24.9 Å². The molecule has 0 saturated carbocycles. The van der Waals surface area contributed by atoms with E-state index in [0.717, 1.165) is 5.56 Å². The predicted octanol–water partition coefficient (Wildman–Crippen LogP) is 0.126. The predicted molar refractivity (Wildman–Crippen MR) is 64.2 cm³/mol. The smallest absolute Gasteiger partial charge is 0.244 e. The summed E-state index contributed by atoms with van der Waals surface area (Å²) >= 11 is 0. The third-order valence-corrected chi connectivity index (χ3v) is 2.84. The minimum absolute atomic E-state index is 0.00434. The number of benzene rings is 1. The van der Waals surface area contributed by atoms with E-state index in [1.54, 1.807) is 0 Å². The Bertz CT molecular complexity index is 493. The van der Waals surface area contributed by atoms with E-state index in [1.165, 1.54) is 0 Å². The summed E-state index contributed by atoms with van der Waals surface area (Å²) in [5.41, 5.74) is 0.983. The molecule has 1 fully saturated rings. The summed E-state index contributed by atoms with van der Waals surface area (Å²) in [5, 5.41) is 13.8. The second-order valence-corrected chi connectivity index (χ2v) is 4.17. The maximum atomic E-state index is 11.8. The zero-order valence-corrected chi connectivity index (χ0v) is 9.72.